The molecule has 1 heterocycles. The van der Waals surface area contributed by atoms with E-state index in [0.717, 1.165) is 18.4 Å². The molecule has 4 heteroatoms. The number of hydrogen-bond acceptors (Lipinski definition) is 2. The van der Waals surface area contributed by atoms with Crippen molar-refractivity contribution in [2.24, 2.45) is 5.92 Å². The van der Waals surface area contributed by atoms with Crippen LogP contribution in [0.5, 0.6) is 0 Å². The minimum absolute atomic E-state index is 0.255. The lowest BCUT2D eigenvalue weighted by Gasteiger charge is -2.26. The molecule has 0 amide bonds. The summed E-state index contributed by atoms with van der Waals surface area (Å²) in [6.45, 7) is 4.63. The first-order chi connectivity index (χ1) is 5.91. The zero-order chi connectivity index (χ0) is 10.1. The first kappa shape index (κ1) is 11.2. The number of alkyl halides is 2. The van der Waals surface area contributed by atoms with Crippen LogP contribution in [0.1, 0.15) is 20.8 Å². The Balaban J connectivity index is 2.40. The summed E-state index contributed by atoms with van der Waals surface area (Å²) in [4.78, 5) is 0. The zero-order valence-electron chi connectivity index (χ0n) is 8.31. The van der Waals surface area contributed by atoms with E-state index in [9.17, 15) is 8.78 Å². The quantitative estimate of drug-likeness (QED) is 0.766. The lowest BCUT2D eigenvalue weighted by molar-refractivity contribution is -0.0161. The van der Waals surface area contributed by atoms with Crippen molar-refractivity contribution in [1.82, 2.24) is 5.32 Å². The van der Waals surface area contributed by atoms with E-state index in [-0.39, 0.29) is 6.04 Å². The van der Waals surface area contributed by atoms with Gasteiger partial charge in [0.25, 0.3) is 5.92 Å². The lowest BCUT2D eigenvalue weighted by Crippen LogP contribution is -2.48. The van der Waals surface area contributed by atoms with Crippen molar-refractivity contribution in [3.63, 3.8) is 0 Å². The number of thioether (sulfide) groups is 1. The fourth-order valence-corrected chi connectivity index (χ4v) is 2.76. The van der Waals surface area contributed by atoms with Crippen molar-refractivity contribution in [2.75, 3.05) is 11.5 Å². The van der Waals surface area contributed by atoms with Crippen LogP contribution < -0.4 is 5.32 Å². The maximum absolute atomic E-state index is 12.8. The van der Waals surface area contributed by atoms with E-state index < -0.39 is 12.0 Å². The van der Waals surface area contributed by atoms with E-state index in [2.05, 4.69) is 12.2 Å². The molecule has 0 radical (unpaired) electrons. The highest BCUT2D eigenvalue weighted by atomic mass is 32.2. The predicted molar refractivity (Wildman–Crippen MR) is 53.5 cm³/mol. The topological polar surface area (TPSA) is 12.0 Å². The van der Waals surface area contributed by atoms with Crippen LogP contribution in [0.2, 0.25) is 0 Å². The Kier molecular flexibility index (Phi) is 3.57. The van der Waals surface area contributed by atoms with E-state index in [4.69, 9.17) is 0 Å². The molecule has 0 aromatic heterocycles. The summed E-state index contributed by atoms with van der Waals surface area (Å²) in [5.74, 6) is -0.0661. The minimum atomic E-state index is -2.62. The van der Waals surface area contributed by atoms with Gasteiger partial charge in [-0.05, 0) is 18.6 Å². The summed E-state index contributed by atoms with van der Waals surface area (Å²) < 4.78 is 25.7. The molecule has 0 aliphatic carbocycles. The van der Waals surface area contributed by atoms with Gasteiger partial charge < -0.3 is 5.32 Å². The molecule has 0 spiro atoms. The van der Waals surface area contributed by atoms with E-state index >= 15 is 0 Å². The van der Waals surface area contributed by atoms with Gasteiger partial charge >= 0.3 is 0 Å². The Labute approximate surface area is 82.7 Å². The van der Waals surface area contributed by atoms with Gasteiger partial charge in [-0.15, -0.1) is 0 Å². The van der Waals surface area contributed by atoms with Crippen LogP contribution in [0, 0.1) is 5.92 Å². The molecule has 13 heavy (non-hydrogen) atoms. The molecule has 0 aromatic rings. The predicted octanol–water partition coefficient (Wildman–Crippen LogP) is 2.37. The van der Waals surface area contributed by atoms with Gasteiger partial charge in [0, 0.05) is 18.7 Å². The molecule has 1 N–H and O–H groups in total. The largest absolute Gasteiger partial charge is 0.305 e. The molecule has 1 fully saturated rings. The highest BCUT2D eigenvalue weighted by Gasteiger charge is 2.34. The van der Waals surface area contributed by atoms with Crippen molar-refractivity contribution in [3.05, 3.63) is 0 Å². The number of rotatable bonds is 3. The molecule has 0 bridgehead atoms. The summed E-state index contributed by atoms with van der Waals surface area (Å²) in [6, 6.07) is -0.468. The van der Waals surface area contributed by atoms with Crippen molar-refractivity contribution in [1.29, 1.82) is 0 Å². The molecule has 78 valence electrons. The second kappa shape index (κ2) is 4.13. The van der Waals surface area contributed by atoms with E-state index in [1.54, 1.807) is 6.92 Å². The van der Waals surface area contributed by atoms with Crippen LogP contribution in [0.4, 0.5) is 8.78 Å². The molecular formula is C9H17F2NS. The van der Waals surface area contributed by atoms with E-state index in [1.807, 2.05) is 11.8 Å². The van der Waals surface area contributed by atoms with Gasteiger partial charge in [0.2, 0.25) is 0 Å². The Morgan fingerprint density at radius 2 is 2.08 bits per heavy atom. The van der Waals surface area contributed by atoms with Gasteiger partial charge in [0.1, 0.15) is 0 Å². The molecule has 3 atom stereocenters. The smallest absolute Gasteiger partial charge is 0.260 e. The second-order valence-corrected chi connectivity index (χ2v) is 5.04. The normalized spacial score (nSPS) is 32.1. The molecule has 3 unspecified atom stereocenters. The third-order valence-corrected chi connectivity index (χ3v) is 3.95. The van der Waals surface area contributed by atoms with Crippen LogP contribution in [0.25, 0.3) is 0 Å². The number of halogens is 2. The van der Waals surface area contributed by atoms with Crippen LogP contribution in [-0.2, 0) is 0 Å². The zero-order valence-corrected chi connectivity index (χ0v) is 9.13. The Morgan fingerprint density at radius 3 is 2.46 bits per heavy atom. The fraction of sp³-hybridized carbons (Fsp3) is 1.00. The highest BCUT2D eigenvalue weighted by Crippen LogP contribution is 2.26. The monoisotopic (exact) mass is 209 g/mol. The molecular weight excluding hydrogens is 192 g/mol. The van der Waals surface area contributed by atoms with Gasteiger partial charge in [0.15, 0.2) is 0 Å². The minimum Gasteiger partial charge on any atom is -0.305 e. The third-order valence-electron chi connectivity index (χ3n) is 2.59. The molecule has 1 saturated heterocycles. The Bertz CT molecular complexity index is 169. The van der Waals surface area contributed by atoms with Crippen molar-refractivity contribution in [3.8, 4) is 0 Å². The molecule has 1 rings (SSSR count). The first-order valence-corrected chi connectivity index (χ1v) is 5.78. The summed E-state index contributed by atoms with van der Waals surface area (Å²) in [7, 11) is 0. The number of hydrogen-bond donors (Lipinski definition) is 1. The molecule has 1 aliphatic heterocycles. The molecule has 0 aromatic carbocycles. The van der Waals surface area contributed by atoms with Crippen molar-refractivity contribution >= 4 is 11.8 Å². The van der Waals surface area contributed by atoms with E-state index in [0.29, 0.717) is 5.92 Å². The summed E-state index contributed by atoms with van der Waals surface area (Å²) in [6.07, 6.45) is 0. The summed E-state index contributed by atoms with van der Waals surface area (Å²) in [5, 5.41) is 3.00. The maximum atomic E-state index is 12.8. The van der Waals surface area contributed by atoms with Crippen LogP contribution in [-0.4, -0.2) is 29.5 Å². The second-order valence-electron chi connectivity index (χ2n) is 3.97. The van der Waals surface area contributed by atoms with Crippen LogP contribution in [0.3, 0.4) is 0 Å². The van der Waals surface area contributed by atoms with Gasteiger partial charge in [-0.2, -0.15) is 11.8 Å². The van der Waals surface area contributed by atoms with Gasteiger partial charge in [-0.3, -0.25) is 0 Å². The summed E-state index contributed by atoms with van der Waals surface area (Å²) >= 11 is 1.84. The van der Waals surface area contributed by atoms with Gasteiger partial charge in [-0.1, -0.05) is 6.92 Å². The fourth-order valence-electron chi connectivity index (χ4n) is 1.34. The maximum Gasteiger partial charge on any atom is 0.260 e. The molecule has 0 saturated carbocycles. The SMILES string of the molecule is CC1CSCC1NC(C)C(C)(F)F. The van der Waals surface area contributed by atoms with Crippen molar-refractivity contribution < 1.29 is 8.78 Å². The average molecular weight is 209 g/mol. The summed E-state index contributed by atoms with van der Waals surface area (Å²) in [5.41, 5.74) is 0. The average Bonchev–Trinajstić information content (AvgIpc) is 2.34. The van der Waals surface area contributed by atoms with Crippen molar-refractivity contribution in [2.45, 2.75) is 38.8 Å². The third kappa shape index (κ3) is 3.09. The Hall–Kier alpha value is 0.170. The van der Waals surface area contributed by atoms with Crippen LogP contribution >= 0.6 is 11.8 Å². The highest BCUT2D eigenvalue weighted by molar-refractivity contribution is 7.99. The standard InChI is InChI=1S/C9H17F2NS/c1-6-4-13-5-8(6)12-7(2)9(3,10)11/h6-8,12H,4-5H2,1-3H3. The van der Waals surface area contributed by atoms with E-state index in [1.165, 1.54) is 0 Å². The number of nitrogens with one attached hydrogen (secondary N) is 1. The van der Waals surface area contributed by atoms with Gasteiger partial charge in [0.05, 0.1) is 6.04 Å². The van der Waals surface area contributed by atoms with Gasteiger partial charge in [-0.25, -0.2) is 8.78 Å². The molecule has 1 aliphatic rings. The molecule has 1 nitrogen and oxygen atoms in total. The Morgan fingerprint density at radius 1 is 1.46 bits per heavy atom. The first-order valence-electron chi connectivity index (χ1n) is 4.63. The lowest BCUT2D eigenvalue weighted by atomic mass is 10.0. The van der Waals surface area contributed by atoms with Crippen LogP contribution in [0.15, 0.2) is 0 Å².